The normalized spacial score (nSPS) is 16.5. The summed E-state index contributed by atoms with van der Waals surface area (Å²) in [6.07, 6.45) is 0.269. The first-order chi connectivity index (χ1) is 13.8. The number of amides is 2. The van der Waals surface area contributed by atoms with Crippen molar-refractivity contribution in [1.82, 2.24) is 9.97 Å². The Kier molecular flexibility index (Phi) is 5.31. The largest absolute Gasteiger partial charge is 0.324 e. The maximum Gasteiger partial charge on any atom is 0.237 e. The van der Waals surface area contributed by atoms with E-state index in [0.29, 0.717) is 11.5 Å². The second kappa shape index (κ2) is 7.76. The summed E-state index contributed by atoms with van der Waals surface area (Å²) in [6, 6.07) is 7.22. The predicted molar refractivity (Wildman–Crippen MR) is 119 cm³/mol. The molecule has 2 amide bonds. The minimum Gasteiger partial charge on any atom is -0.324 e. The molecule has 0 radical (unpaired) electrons. The Morgan fingerprint density at radius 2 is 2.03 bits per heavy atom. The number of carbonyl (C=O) groups is 2. The number of anilines is 2. The predicted octanol–water partition coefficient (Wildman–Crippen LogP) is 4.47. The molecule has 0 unspecified atom stereocenters. The molecule has 0 spiro atoms. The number of fused-ring (bicyclic) bond motifs is 2. The van der Waals surface area contributed by atoms with E-state index in [9.17, 15) is 9.59 Å². The van der Waals surface area contributed by atoms with E-state index in [0.717, 1.165) is 20.9 Å². The van der Waals surface area contributed by atoms with Gasteiger partial charge in [0.2, 0.25) is 11.8 Å². The molecule has 150 valence electrons. The SMILES string of the molecule is Cc1nc(SCC(=O)N2c3ccccc3NC(=O)C[C@H]2C)c2c(C)c(C)sc2n1. The highest BCUT2D eigenvalue weighted by molar-refractivity contribution is 8.00. The topological polar surface area (TPSA) is 75.2 Å². The van der Waals surface area contributed by atoms with E-state index in [1.807, 2.05) is 38.1 Å². The molecule has 29 heavy (non-hydrogen) atoms. The third-order valence-electron chi connectivity index (χ3n) is 5.07. The van der Waals surface area contributed by atoms with Crippen LogP contribution in [-0.4, -0.2) is 33.6 Å². The minimum atomic E-state index is -0.218. The van der Waals surface area contributed by atoms with Crippen LogP contribution in [0.25, 0.3) is 10.2 Å². The molecule has 0 aliphatic carbocycles. The van der Waals surface area contributed by atoms with Gasteiger partial charge >= 0.3 is 0 Å². The third-order valence-corrected chi connectivity index (χ3v) is 7.13. The van der Waals surface area contributed by atoms with Crippen molar-refractivity contribution in [2.24, 2.45) is 0 Å². The zero-order chi connectivity index (χ0) is 20.7. The molecule has 1 aliphatic rings. The van der Waals surface area contributed by atoms with Gasteiger partial charge in [-0.2, -0.15) is 0 Å². The smallest absolute Gasteiger partial charge is 0.237 e. The van der Waals surface area contributed by atoms with E-state index in [4.69, 9.17) is 0 Å². The number of hydrogen-bond donors (Lipinski definition) is 1. The first-order valence-electron chi connectivity index (χ1n) is 9.43. The van der Waals surface area contributed by atoms with Crippen molar-refractivity contribution in [2.75, 3.05) is 16.0 Å². The number of para-hydroxylation sites is 2. The van der Waals surface area contributed by atoms with Gasteiger partial charge in [-0.05, 0) is 45.4 Å². The number of benzene rings is 1. The molecule has 4 rings (SSSR count). The van der Waals surface area contributed by atoms with E-state index in [-0.39, 0.29) is 30.0 Å². The number of carbonyl (C=O) groups excluding carboxylic acids is 2. The van der Waals surface area contributed by atoms with Crippen molar-refractivity contribution in [2.45, 2.75) is 45.2 Å². The zero-order valence-corrected chi connectivity index (χ0v) is 18.4. The van der Waals surface area contributed by atoms with Crippen molar-refractivity contribution >= 4 is 56.5 Å². The zero-order valence-electron chi connectivity index (χ0n) is 16.8. The lowest BCUT2D eigenvalue weighted by Crippen LogP contribution is -2.40. The quantitative estimate of drug-likeness (QED) is 0.494. The van der Waals surface area contributed by atoms with Gasteiger partial charge in [-0.3, -0.25) is 9.59 Å². The summed E-state index contributed by atoms with van der Waals surface area (Å²) in [4.78, 5) is 38.5. The maximum atomic E-state index is 13.2. The van der Waals surface area contributed by atoms with Crippen LogP contribution in [0.1, 0.15) is 29.6 Å². The molecular formula is C21H22N4O2S2. The third kappa shape index (κ3) is 3.74. The number of rotatable bonds is 3. The lowest BCUT2D eigenvalue weighted by atomic mass is 10.2. The number of nitrogens with one attached hydrogen (secondary N) is 1. The molecule has 3 aromatic rings. The Bertz CT molecular complexity index is 1130. The number of hydrogen-bond acceptors (Lipinski definition) is 6. The van der Waals surface area contributed by atoms with E-state index >= 15 is 0 Å². The molecule has 0 saturated heterocycles. The molecular weight excluding hydrogens is 404 g/mol. The van der Waals surface area contributed by atoms with Gasteiger partial charge in [0.15, 0.2) is 0 Å². The number of thioether (sulfide) groups is 1. The summed E-state index contributed by atoms with van der Waals surface area (Å²) in [5.74, 6) is 0.829. The van der Waals surface area contributed by atoms with E-state index in [1.54, 1.807) is 16.2 Å². The van der Waals surface area contributed by atoms with Crippen LogP contribution in [0.4, 0.5) is 11.4 Å². The fraction of sp³-hybridized carbons (Fsp3) is 0.333. The molecule has 1 atom stereocenters. The van der Waals surface area contributed by atoms with Crippen LogP contribution in [0.5, 0.6) is 0 Å². The van der Waals surface area contributed by atoms with Crippen LogP contribution in [0, 0.1) is 20.8 Å². The molecule has 1 aliphatic heterocycles. The summed E-state index contributed by atoms with van der Waals surface area (Å²) >= 11 is 3.09. The number of nitrogens with zero attached hydrogens (tertiary/aromatic N) is 3. The summed E-state index contributed by atoms with van der Waals surface area (Å²) < 4.78 is 0. The molecule has 2 aromatic heterocycles. The van der Waals surface area contributed by atoms with Gasteiger partial charge in [0.1, 0.15) is 15.7 Å². The Morgan fingerprint density at radius 3 is 2.83 bits per heavy atom. The van der Waals surface area contributed by atoms with Crippen molar-refractivity contribution in [3.05, 3.63) is 40.5 Å². The molecule has 3 heterocycles. The van der Waals surface area contributed by atoms with Gasteiger partial charge in [-0.25, -0.2) is 9.97 Å². The summed E-state index contributed by atoms with van der Waals surface area (Å²) in [5.41, 5.74) is 2.58. The van der Waals surface area contributed by atoms with Gasteiger partial charge in [0.25, 0.3) is 0 Å². The van der Waals surface area contributed by atoms with Crippen LogP contribution in [0.2, 0.25) is 0 Å². The van der Waals surface area contributed by atoms with E-state index in [2.05, 4.69) is 29.1 Å². The number of thiophene rings is 1. The standard InChI is InChI=1S/C21H22N4O2S2/c1-11-9-17(26)24-15-7-5-6-8-16(15)25(11)18(27)10-28-20-19-12(2)13(3)29-21(19)23-14(4)22-20/h5-8,11H,9-10H2,1-4H3,(H,24,26)/t11-/m1/s1. The molecule has 8 heteroatoms. The molecule has 1 N–H and O–H groups in total. The van der Waals surface area contributed by atoms with Crippen molar-refractivity contribution < 1.29 is 9.59 Å². The molecule has 0 saturated carbocycles. The monoisotopic (exact) mass is 426 g/mol. The van der Waals surface area contributed by atoms with Crippen molar-refractivity contribution in [3.63, 3.8) is 0 Å². The van der Waals surface area contributed by atoms with Crippen molar-refractivity contribution in [3.8, 4) is 0 Å². The van der Waals surface area contributed by atoms with Crippen LogP contribution in [0.3, 0.4) is 0 Å². The fourth-order valence-corrected chi connectivity index (χ4v) is 5.72. The Labute approximate surface area is 177 Å². The second-order valence-corrected chi connectivity index (χ2v) is 9.38. The molecule has 6 nitrogen and oxygen atoms in total. The summed E-state index contributed by atoms with van der Waals surface area (Å²) in [6.45, 7) is 7.93. The molecule has 0 fully saturated rings. The highest BCUT2D eigenvalue weighted by Gasteiger charge is 2.29. The lowest BCUT2D eigenvalue weighted by Gasteiger charge is -2.27. The van der Waals surface area contributed by atoms with E-state index < -0.39 is 0 Å². The Hall–Kier alpha value is -2.45. The highest BCUT2D eigenvalue weighted by Crippen LogP contribution is 2.36. The second-order valence-electron chi connectivity index (χ2n) is 7.21. The van der Waals surface area contributed by atoms with Crippen molar-refractivity contribution in [1.29, 1.82) is 0 Å². The van der Waals surface area contributed by atoms with Gasteiger partial charge < -0.3 is 10.2 Å². The summed E-state index contributed by atoms with van der Waals surface area (Å²) in [7, 11) is 0. The first-order valence-corrected chi connectivity index (χ1v) is 11.2. The van der Waals surface area contributed by atoms with Crippen LogP contribution < -0.4 is 10.2 Å². The maximum absolute atomic E-state index is 13.2. The Balaban J connectivity index is 1.64. The van der Waals surface area contributed by atoms with Gasteiger partial charge in [0, 0.05) is 22.7 Å². The fourth-order valence-electron chi connectivity index (χ4n) is 3.59. The highest BCUT2D eigenvalue weighted by atomic mass is 32.2. The average molecular weight is 427 g/mol. The molecule has 0 bridgehead atoms. The Morgan fingerprint density at radius 1 is 1.28 bits per heavy atom. The van der Waals surface area contributed by atoms with Crippen LogP contribution in [-0.2, 0) is 9.59 Å². The average Bonchev–Trinajstić information content (AvgIpc) is 2.86. The minimum absolute atomic E-state index is 0.0412. The van der Waals surface area contributed by atoms with Gasteiger partial charge in [-0.15, -0.1) is 11.3 Å². The summed E-state index contributed by atoms with van der Waals surface area (Å²) in [5, 5.41) is 4.77. The van der Waals surface area contributed by atoms with Gasteiger partial charge in [0.05, 0.1) is 17.1 Å². The first kappa shape index (κ1) is 19.8. The lowest BCUT2D eigenvalue weighted by molar-refractivity contribution is -0.117. The van der Waals surface area contributed by atoms with Crippen LogP contribution >= 0.6 is 23.1 Å². The molecule has 1 aromatic carbocycles. The number of aromatic nitrogens is 2. The van der Waals surface area contributed by atoms with Crippen LogP contribution in [0.15, 0.2) is 29.3 Å². The van der Waals surface area contributed by atoms with Gasteiger partial charge in [-0.1, -0.05) is 23.9 Å². The van der Waals surface area contributed by atoms with E-state index in [1.165, 1.54) is 22.2 Å². The number of aryl methyl sites for hydroxylation is 3.